The third kappa shape index (κ3) is 9.60. The maximum absolute atomic E-state index is 12.6. The second-order valence-corrected chi connectivity index (χ2v) is 8.72. The molecule has 1 aliphatic rings. The van der Waals surface area contributed by atoms with Crippen LogP contribution in [-0.2, 0) is 9.59 Å². The third-order valence-electron chi connectivity index (χ3n) is 5.77. The largest absolute Gasteiger partial charge is 0.490 e. The number of carboxylic acids is 2. The molecule has 1 aliphatic heterocycles. The number of hydrogen-bond donors (Lipinski definition) is 4. The van der Waals surface area contributed by atoms with E-state index in [0.29, 0.717) is 56.2 Å². The molecule has 212 valence electrons. The van der Waals surface area contributed by atoms with Crippen molar-refractivity contribution in [1.29, 1.82) is 0 Å². The van der Waals surface area contributed by atoms with Crippen LogP contribution in [0.1, 0.15) is 39.6 Å². The normalized spacial score (nSPS) is 13.6. The fourth-order valence-corrected chi connectivity index (χ4v) is 3.76. The minimum atomic E-state index is -5.08. The number of halogens is 3. The molecule has 1 heterocycles. The zero-order valence-corrected chi connectivity index (χ0v) is 21.5. The molecule has 0 unspecified atom stereocenters. The number of nitrogens with one attached hydrogen (secondary N) is 2. The van der Waals surface area contributed by atoms with E-state index in [0.717, 1.165) is 12.0 Å². The smallest absolute Gasteiger partial charge is 0.478 e. The lowest BCUT2D eigenvalue weighted by Gasteiger charge is -2.36. The predicted molar refractivity (Wildman–Crippen MR) is 138 cm³/mol. The molecule has 0 spiro atoms. The van der Waals surface area contributed by atoms with Crippen molar-refractivity contribution in [2.24, 2.45) is 0 Å². The lowest BCUT2D eigenvalue weighted by Crippen LogP contribution is -2.49. The summed E-state index contributed by atoms with van der Waals surface area (Å²) in [4.78, 5) is 49.4. The van der Waals surface area contributed by atoms with Crippen LogP contribution in [0.3, 0.4) is 0 Å². The molecule has 2 aromatic carbocycles. The summed E-state index contributed by atoms with van der Waals surface area (Å²) in [6, 6.07) is 12.2. The number of carbonyl (C=O) groups excluding carboxylic acids is 2. The van der Waals surface area contributed by atoms with Crippen LogP contribution in [0.4, 0.5) is 24.5 Å². The van der Waals surface area contributed by atoms with Gasteiger partial charge in [0, 0.05) is 44.0 Å². The van der Waals surface area contributed by atoms with E-state index in [1.54, 1.807) is 24.3 Å². The Hall–Kier alpha value is -4.13. The Kier molecular flexibility index (Phi) is 11.3. The zero-order valence-electron chi connectivity index (χ0n) is 21.5. The van der Waals surface area contributed by atoms with Gasteiger partial charge in [-0.05, 0) is 43.2 Å². The molecular weight excluding hydrogens is 521 g/mol. The van der Waals surface area contributed by atoms with Gasteiger partial charge in [-0.1, -0.05) is 25.1 Å². The second kappa shape index (κ2) is 14.1. The molecule has 0 bridgehead atoms. The highest BCUT2D eigenvalue weighted by atomic mass is 19.4. The molecule has 0 saturated carbocycles. The van der Waals surface area contributed by atoms with E-state index >= 15 is 0 Å². The molecule has 4 N–H and O–H groups in total. The number of aliphatic carboxylic acids is 1. The first-order valence-corrected chi connectivity index (χ1v) is 12.1. The summed E-state index contributed by atoms with van der Waals surface area (Å²) < 4.78 is 31.7. The van der Waals surface area contributed by atoms with Crippen LogP contribution in [0.15, 0.2) is 42.5 Å². The molecule has 2 amide bonds. The van der Waals surface area contributed by atoms with Crippen molar-refractivity contribution >= 4 is 35.1 Å². The van der Waals surface area contributed by atoms with Gasteiger partial charge in [0.1, 0.15) is 0 Å². The number of rotatable bonds is 8. The first kappa shape index (κ1) is 31.1. The predicted octanol–water partition coefficient (Wildman–Crippen LogP) is 3.23. The number of aromatic carboxylic acids is 1. The van der Waals surface area contributed by atoms with Gasteiger partial charge in [-0.2, -0.15) is 13.2 Å². The van der Waals surface area contributed by atoms with Gasteiger partial charge in [0.05, 0.1) is 17.8 Å². The van der Waals surface area contributed by atoms with Gasteiger partial charge in [-0.15, -0.1) is 0 Å². The fraction of sp³-hybridized carbons (Fsp3) is 0.385. The number of hydrogen-bond acceptors (Lipinski definition) is 6. The number of aryl methyl sites for hydroxylation is 1. The number of nitrogens with zero attached hydrogens (tertiary/aromatic N) is 2. The van der Waals surface area contributed by atoms with E-state index in [4.69, 9.17) is 9.90 Å². The first-order valence-electron chi connectivity index (χ1n) is 12.1. The van der Waals surface area contributed by atoms with Gasteiger partial charge in [-0.25, -0.2) is 9.59 Å². The summed E-state index contributed by atoms with van der Waals surface area (Å²) in [6.45, 7) is 7.48. The standard InChI is InChI=1S/C24H30N4O4.C2HF3O2/c1-3-10-25-22(29)16-27-11-13-28(14-12-27)21-9-8-18(15-20(21)24(31)32)26-23(30)19-7-5-4-6-17(19)2;3-2(4,5)1(6)7/h4-9,15H,3,10-14,16H2,1-2H3,(H,25,29)(H,26,30)(H,31,32);(H,6,7). The average Bonchev–Trinajstić information content (AvgIpc) is 2.88. The number of piperazine rings is 1. The Morgan fingerprint density at radius 2 is 1.56 bits per heavy atom. The molecule has 0 aliphatic carbocycles. The molecule has 0 aromatic heterocycles. The Morgan fingerprint density at radius 1 is 0.949 bits per heavy atom. The third-order valence-corrected chi connectivity index (χ3v) is 5.77. The van der Waals surface area contributed by atoms with Gasteiger partial charge in [0.2, 0.25) is 5.91 Å². The van der Waals surface area contributed by atoms with E-state index in [1.807, 2.05) is 30.9 Å². The lowest BCUT2D eigenvalue weighted by atomic mass is 10.1. The number of carboxylic acid groups (broad SMARTS) is 2. The van der Waals surface area contributed by atoms with E-state index in [-0.39, 0.29) is 17.4 Å². The van der Waals surface area contributed by atoms with E-state index in [1.165, 1.54) is 6.07 Å². The highest BCUT2D eigenvalue weighted by molar-refractivity contribution is 6.06. The van der Waals surface area contributed by atoms with Crippen LogP contribution < -0.4 is 15.5 Å². The van der Waals surface area contributed by atoms with Crippen LogP contribution >= 0.6 is 0 Å². The van der Waals surface area contributed by atoms with Gasteiger partial charge in [0.15, 0.2) is 0 Å². The van der Waals surface area contributed by atoms with Crippen molar-refractivity contribution in [2.75, 3.05) is 49.5 Å². The molecule has 13 heteroatoms. The molecule has 1 fully saturated rings. The van der Waals surface area contributed by atoms with Crippen LogP contribution in [0, 0.1) is 6.92 Å². The quantitative estimate of drug-likeness (QED) is 0.392. The molecule has 2 aromatic rings. The summed E-state index contributed by atoms with van der Waals surface area (Å²) in [7, 11) is 0. The minimum absolute atomic E-state index is 0.0141. The number of amides is 2. The van der Waals surface area contributed by atoms with Gasteiger partial charge >= 0.3 is 18.1 Å². The minimum Gasteiger partial charge on any atom is -0.478 e. The van der Waals surface area contributed by atoms with Crippen molar-refractivity contribution in [3.8, 4) is 0 Å². The molecule has 10 nitrogen and oxygen atoms in total. The molecule has 1 saturated heterocycles. The lowest BCUT2D eigenvalue weighted by molar-refractivity contribution is -0.192. The van der Waals surface area contributed by atoms with Crippen LogP contribution in [0.5, 0.6) is 0 Å². The van der Waals surface area contributed by atoms with Gasteiger partial charge < -0.3 is 25.7 Å². The summed E-state index contributed by atoms with van der Waals surface area (Å²) in [5.74, 6) is -4.07. The van der Waals surface area contributed by atoms with Crippen molar-refractivity contribution in [3.05, 3.63) is 59.2 Å². The molecule has 3 rings (SSSR count). The highest BCUT2D eigenvalue weighted by Crippen LogP contribution is 2.26. The summed E-state index contributed by atoms with van der Waals surface area (Å²) >= 11 is 0. The summed E-state index contributed by atoms with van der Waals surface area (Å²) in [5, 5.41) is 22.6. The second-order valence-electron chi connectivity index (χ2n) is 8.72. The Morgan fingerprint density at radius 3 is 2.10 bits per heavy atom. The molecule has 39 heavy (non-hydrogen) atoms. The zero-order chi connectivity index (χ0) is 29.2. The number of anilines is 2. The fourth-order valence-electron chi connectivity index (χ4n) is 3.76. The van der Waals surface area contributed by atoms with Crippen LogP contribution in [0.25, 0.3) is 0 Å². The Balaban J connectivity index is 0.000000673. The van der Waals surface area contributed by atoms with Crippen LogP contribution in [0.2, 0.25) is 0 Å². The maximum atomic E-state index is 12.6. The molecule has 0 radical (unpaired) electrons. The Labute approximate surface area is 223 Å². The summed E-state index contributed by atoms with van der Waals surface area (Å²) in [6.07, 6.45) is -4.18. The Bertz CT molecular complexity index is 1180. The topological polar surface area (TPSA) is 139 Å². The number of alkyl halides is 3. The molecular formula is C26H31F3N4O6. The van der Waals surface area contributed by atoms with Crippen molar-refractivity contribution in [3.63, 3.8) is 0 Å². The SMILES string of the molecule is CCCNC(=O)CN1CCN(c2ccc(NC(=O)c3ccccc3C)cc2C(=O)O)CC1.O=C(O)C(F)(F)F. The van der Waals surface area contributed by atoms with Crippen molar-refractivity contribution in [2.45, 2.75) is 26.4 Å². The first-order chi connectivity index (χ1) is 18.3. The summed E-state index contributed by atoms with van der Waals surface area (Å²) in [5.41, 5.74) is 2.59. The van der Waals surface area contributed by atoms with Crippen molar-refractivity contribution in [1.82, 2.24) is 10.2 Å². The van der Waals surface area contributed by atoms with E-state index in [2.05, 4.69) is 15.5 Å². The van der Waals surface area contributed by atoms with Gasteiger partial charge in [-0.3, -0.25) is 14.5 Å². The monoisotopic (exact) mass is 552 g/mol. The van der Waals surface area contributed by atoms with E-state index in [9.17, 15) is 32.7 Å². The van der Waals surface area contributed by atoms with Crippen molar-refractivity contribution < 1.29 is 42.6 Å². The number of benzene rings is 2. The van der Waals surface area contributed by atoms with Gasteiger partial charge in [0.25, 0.3) is 5.91 Å². The average molecular weight is 553 g/mol. The maximum Gasteiger partial charge on any atom is 0.490 e. The van der Waals surface area contributed by atoms with Crippen LogP contribution in [-0.4, -0.2) is 84.3 Å². The highest BCUT2D eigenvalue weighted by Gasteiger charge is 2.38. The number of carbonyl (C=O) groups is 4. The molecule has 0 atom stereocenters. The van der Waals surface area contributed by atoms with E-state index < -0.39 is 18.1 Å².